The van der Waals surface area contributed by atoms with Crippen LogP contribution in [0, 0.1) is 0 Å². The molecule has 2 aromatic heterocycles. The number of aromatic nitrogens is 4. The molecule has 4 aromatic rings. The molecule has 0 atom stereocenters. The number of halogens is 1. The van der Waals surface area contributed by atoms with Gasteiger partial charge in [-0.25, -0.2) is 0 Å². The van der Waals surface area contributed by atoms with Gasteiger partial charge in [-0.2, -0.15) is 4.98 Å². The second-order valence-electron chi connectivity index (χ2n) is 6.58. The van der Waals surface area contributed by atoms with Crippen LogP contribution in [0.15, 0.2) is 57.4 Å². The number of aryl methyl sites for hydroxylation is 1. The third kappa shape index (κ3) is 6.06. The van der Waals surface area contributed by atoms with Crippen molar-refractivity contribution < 1.29 is 14.1 Å². The summed E-state index contributed by atoms with van der Waals surface area (Å²) in [5.74, 6) is 2.22. The lowest BCUT2D eigenvalue weighted by molar-refractivity contribution is -0.116. The summed E-state index contributed by atoms with van der Waals surface area (Å²) in [6.07, 6.45) is 0.514. The predicted molar refractivity (Wildman–Crippen MR) is 124 cm³/mol. The summed E-state index contributed by atoms with van der Waals surface area (Å²) in [6, 6.07) is 15.0. The Morgan fingerprint density at radius 3 is 2.69 bits per heavy atom. The number of anilines is 1. The lowest BCUT2D eigenvalue weighted by Gasteiger charge is -2.01. The number of thioether (sulfide) groups is 1. The average molecular weight is 488 g/mol. The molecule has 0 aliphatic carbocycles. The number of rotatable bonds is 9. The highest BCUT2D eigenvalue weighted by atomic mass is 35.5. The van der Waals surface area contributed by atoms with Crippen LogP contribution in [0.3, 0.4) is 0 Å². The fourth-order valence-corrected chi connectivity index (χ4v) is 4.51. The molecule has 11 heteroatoms. The number of nitrogens with zero attached hydrogens (tertiary/aromatic N) is 4. The molecule has 0 radical (unpaired) electrons. The number of methoxy groups -OCH3 is 1. The van der Waals surface area contributed by atoms with Crippen molar-refractivity contribution in [1.82, 2.24) is 20.3 Å². The quantitative estimate of drug-likeness (QED) is 0.256. The standard InChI is InChI=1S/C21H18ClN5O3S2/c1-29-16-8-2-13(3-9-16)12-31-21-26-25-20(32-21)23-17(28)10-11-18-24-19(27-30-18)14-4-6-15(22)7-5-14/h2-9H,10-12H2,1H3,(H,23,25,28). The normalized spacial score (nSPS) is 10.8. The number of hydrogen-bond acceptors (Lipinski definition) is 9. The van der Waals surface area contributed by atoms with E-state index in [2.05, 4.69) is 25.7 Å². The molecule has 8 nitrogen and oxygen atoms in total. The van der Waals surface area contributed by atoms with Gasteiger partial charge in [0.05, 0.1) is 7.11 Å². The molecule has 32 heavy (non-hydrogen) atoms. The summed E-state index contributed by atoms with van der Waals surface area (Å²) in [6.45, 7) is 0. The third-order valence-corrected chi connectivity index (χ3v) is 6.61. The Morgan fingerprint density at radius 2 is 1.94 bits per heavy atom. The summed E-state index contributed by atoms with van der Waals surface area (Å²) >= 11 is 8.78. The molecule has 1 N–H and O–H groups in total. The molecule has 0 aliphatic rings. The van der Waals surface area contributed by atoms with Gasteiger partial charge in [-0.3, -0.25) is 4.79 Å². The minimum absolute atomic E-state index is 0.191. The SMILES string of the molecule is COc1ccc(CSc2nnc(NC(=O)CCc3nc(-c4ccc(Cl)cc4)no3)s2)cc1. The van der Waals surface area contributed by atoms with Crippen molar-refractivity contribution in [3.05, 3.63) is 65.0 Å². The number of ether oxygens (including phenoxy) is 1. The maximum Gasteiger partial charge on any atom is 0.227 e. The summed E-state index contributed by atoms with van der Waals surface area (Å²) in [4.78, 5) is 16.6. The molecule has 0 spiro atoms. The Bertz CT molecular complexity index is 1180. The summed E-state index contributed by atoms with van der Waals surface area (Å²) in [5, 5.41) is 16.0. The van der Waals surface area contributed by atoms with E-state index in [-0.39, 0.29) is 12.3 Å². The second kappa shape index (κ2) is 10.6. The Labute approximate surface area is 197 Å². The Morgan fingerprint density at radius 1 is 1.16 bits per heavy atom. The van der Waals surface area contributed by atoms with Crippen LogP contribution in [0.4, 0.5) is 5.13 Å². The van der Waals surface area contributed by atoms with Gasteiger partial charge in [0.15, 0.2) is 4.34 Å². The summed E-state index contributed by atoms with van der Waals surface area (Å²) in [5.41, 5.74) is 1.94. The molecule has 0 fully saturated rings. The highest BCUT2D eigenvalue weighted by molar-refractivity contribution is 8.00. The molecular formula is C21H18ClN5O3S2. The molecule has 2 heterocycles. The van der Waals surface area contributed by atoms with E-state index in [0.717, 1.165) is 27.0 Å². The first kappa shape index (κ1) is 22.3. The van der Waals surface area contributed by atoms with E-state index in [4.69, 9.17) is 20.9 Å². The van der Waals surface area contributed by atoms with E-state index >= 15 is 0 Å². The van der Waals surface area contributed by atoms with Crippen LogP contribution in [0.25, 0.3) is 11.4 Å². The van der Waals surface area contributed by atoms with Crippen LogP contribution in [0.2, 0.25) is 5.02 Å². The van der Waals surface area contributed by atoms with Crippen molar-refractivity contribution in [1.29, 1.82) is 0 Å². The maximum atomic E-state index is 12.3. The first-order chi connectivity index (χ1) is 15.6. The number of carbonyl (C=O) groups excluding carboxylic acids is 1. The van der Waals surface area contributed by atoms with Gasteiger partial charge in [0.25, 0.3) is 0 Å². The molecule has 0 unspecified atom stereocenters. The molecule has 1 amide bonds. The summed E-state index contributed by atoms with van der Waals surface area (Å²) in [7, 11) is 1.64. The number of carbonyl (C=O) groups is 1. The van der Waals surface area contributed by atoms with Crippen LogP contribution in [0.5, 0.6) is 5.75 Å². The van der Waals surface area contributed by atoms with Crippen LogP contribution in [-0.4, -0.2) is 33.4 Å². The Hall–Kier alpha value is -2.95. The number of benzene rings is 2. The highest BCUT2D eigenvalue weighted by Gasteiger charge is 2.13. The van der Waals surface area contributed by atoms with Crippen molar-refractivity contribution in [2.45, 2.75) is 22.9 Å². The van der Waals surface area contributed by atoms with Crippen molar-refractivity contribution >= 4 is 45.7 Å². The Balaban J connectivity index is 1.24. The first-order valence-corrected chi connectivity index (χ1v) is 11.7. The first-order valence-electron chi connectivity index (χ1n) is 9.56. The average Bonchev–Trinajstić information content (AvgIpc) is 3.47. The van der Waals surface area contributed by atoms with Crippen LogP contribution in [-0.2, 0) is 17.0 Å². The molecule has 164 valence electrons. The fourth-order valence-electron chi connectivity index (χ4n) is 2.66. The highest BCUT2D eigenvalue weighted by Crippen LogP contribution is 2.29. The van der Waals surface area contributed by atoms with Crippen LogP contribution < -0.4 is 10.1 Å². The molecule has 4 rings (SSSR count). The van der Waals surface area contributed by atoms with Crippen LogP contribution >= 0.6 is 34.7 Å². The van der Waals surface area contributed by atoms with Gasteiger partial charge in [0.1, 0.15) is 5.75 Å². The van der Waals surface area contributed by atoms with Crippen molar-refractivity contribution in [3.63, 3.8) is 0 Å². The minimum atomic E-state index is -0.195. The van der Waals surface area contributed by atoms with Gasteiger partial charge in [-0.1, -0.05) is 52.0 Å². The van der Waals surface area contributed by atoms with Gasteiger partial charge in [0, 0.05) is 29.2 Å². The van der Waals surface area contributed by atoms with E-state index in [1.54, 1.807) is 31.0 Å². The lowest BCUT2D eigenvalue weighted by Crippen LogP contribution is -2.12. The smallest absolute Gasteiger partial charge is 0.227 e. The van der Waals surface area contributed by atoms with Crippen LogP contribution in [0.1, 0.15) is 17.9 Å². The monoisotopic (exact) mass is 487 g/mol. The van der Waals surface area contributed by atoms with E-state index < -0.39 is 0 Å². The van der Waals surface area contributed by atoms with Gasteiger partial charge < -0.3 is 14.6 Å². The Kier molecular flexibility index (Phi) is 7.35. The molecule has 0 aliphatic heterocycles. The molecule has 0 bridgehead atoms. The van der Waals surface area contributed by atoms with E-state index in [9.17, 15) is 4.79 Å². The van der Waals surface area contributed by atoms with Crippen molar-refractivity contribution in [2.24, 2.45) is 0 Å². The lowest BCUT2D eigenvalue weighted by atomic mass is 10.2. The maximum absolute atomic E-state index is 12.3. The molecular weight excluding hydrogens is 470 g/mol. The zero-order valence-electron chi connectivity index (χ0n) is 16.9. The minimum Gasteiger partial charge on any atom is -0.497 e. The summed E-state index contributed by atoms with van der Waals surface area (Å²) < 4.78 is 11.2. The number of nitrogens with one attached hydrogen (secondary N) is 1. The second-order valence-corrected chi connectivity index (χ2v) is 9.21. The van der Waals surface area contributed by atoms with E-state index in [1.165, 1.54) is 11.3 Å². The van der Waals surface area contributed by atoms with Crippen molar-refractivity contribution in [2.75, 3.05) is 12.4 Å². The molecule has 0 saturated carbocycles. The zero-order valence-corrected chi connectivity index (χ0v) is 19.3. The van der Waals surface area contributed by atoms with E-state index in [0.29, 0.717) is 28.3 Å². The van der Waals surface area contributed by atoms with E-state index in [1.807, 2.05) is 36.4 Å². The topological polar surface area (TPSA) is 103 Å². The third-order valence-electron chi connectivity index (χ3n) is 4.31. The fraction of sp³-hybridized carbons (Fsp3) is 0.190. The van der Waals surface area contributed by atoms with Gasteiger partial charge in [0.2, 0.25) is 22.8 Å². The molecule has 0 saturated heterocycles. The molecule has 2 aromatic carbocycles. The van der Waals surface area contributed by atoms with Gasteiger partial charge in [-0.15, -0.1) is 10.2 Å². The van der Waals surface area contributed by atoms with Gasteiger partial charge >= 0.3 is 0 Å². The zero-order chi connectivity index (χ0) is 22.3. The predicted octanol–water partition coefficient (Wildman–Crippen LogP) is 5.11. The number of hydrogen-bond donors (Lipinski definition) is 1. The van der Waals surface area contributed by atoms with Gasteiger partial charge in [-0.05, 0) is 42.0 Å². The number of amides is 1. The van der Waals surface area contributed by atoms with Crippen molar-refractivity contribution in [3.8, 4) is 17.1 Å². The largest absolute Gasteiger partial charge is 0.497 e.